The van der Waals surface area contributed by atoms with Crippen molar-refractivity contribution in [2.45, 2.75) is 6.42 Å². The molecule has 2 amide bonds. The van der Waals surface area contributed by atoms with Gasteiger partial charge in [-0.15, -0.1) is 0 Å². The van der Waals surface area contributed by atoms with E-state index in [1.807, 2.05) is 0 Å². The van der Waals surface area contributed by atoms with Crippen molar-refractivity contribution >= 4 is 69.4 Å². The summed E-state index contributed by atoms with van der Waals surface area (Å²) >= 11 is 12.3. The van der Waals surface area contributed by atoms with Gasteiger partial charge in [-0.25, -0.2) is 4.79 Å². The van der Waals surface area contributed by atoms with Gasteiger partial charge in [-0.05, 0) is 35.9 Å². The lowest BCUT2D eigenvalue weighted by Gasteiger charge is -2.14. The van der Waals surface area contributed by atoms with E-state index in [2.05, 4.69) is 5.32 Å². The Kier molecular flexibility index (Phi) is 6.68. The number of thioether (sulfide) groups is 1. The Morgan fingerprint density at radius 1 is 1.17 bits per heavy atom. The van der Waals surface area contributed by atoms with Crippen LogP contribution in [0.4, 0.5) is 5.69 Å². The number of carbonyl (C=O) groups is 3. The minimum Gasteiger partial charge on any atom is -0.478 e. The fraction of sp³-hybridized carbons (Fsp3) is 0.100. The molecule has 0 saturated carbocycles. The first kappa shape index (κ1) is 21.0. The monoisotopic (exact) mass is 446 g/mol. The molecular formula is C20H15ClN2O4S2. The second-order valence-electron chi connectivity index (χ2n) is 6.03. The van der Waals surface area contributed by atoms with Crippen LogP contribution < -0.4 is 5.32 Å². The van der Waals surface area contributed by atoms with Gasteiger partial charge in [-0.2, -0.15) is 0 Å². The third kappa shape index (κ3) is 5.23. The van der Waals surface area contributed by atoms with Crippen molar-refractivity contribution in [1.29, 1.82) is 0 Å². The van der Waals surface area contributed by atoms with Gasteiger partial charge in [0.2, 0.25) is 5.91 Å². The number of thiocarbonyl (C=S) groups is 1. The van der Waals surface area contributed by atoms with Crippen LogP contribution in [0.5, 0.6) is 0 Å². The summed E-state index contributed by atoms with van der Waals surface area (Å²) in [6.45, 7) is 0.101. The molecule has 1 aliphatic heterocycles. The molecule has 2 aromatic rings. The van der Waals surface area contributed by atoms with Gasteiger partial charge in [-0.1, -0.05) is 59.8 Å². The Bertz CT molecular complexity index is 1020. The third-order valence-corrected chi connectivity index (χ3v) is 5.67. The smallest absolute Gasteiger partial charge is 0.337 e. The van der Waals surface area contributed by atoms with E-state index < -0.39 is 11.9 Å². The fourth-order valence-corrected chi connectivity index (χ4v) is 4.04. The van der Waals surface area contributed by atoms with Crippen LogP contribution in [-0.4, -0.2) is 38.7 Å². The largest absolute Gasteiger partial charge is 0.478 e. The lowest BCUT2D eigenvalue weighted by atomic mass is 10.1. The predicted molar refractivity (Wildman–Crippen MR) is 118 cm³/mol. The maximum Gasteiger partial charge on any atom is 0.337 e. The topological polar surface area (TPSA) is 86.7 Å². The van der Waals surface area contributed by atoms with Gasteiger partial charge in [0.25, 0.3) is 5.91 Å². The summed E-state index contributed by atoms with van der Waals surface area (Å²) in [6.07, 6.45) is 1.70. The van der Waals surface area contributed by atoms with Crippen molar-refractivity contribution in [3.05, 3.63) is 69.6 Å². The highest BCUT2D eigenvalue weighted by molar-refractivity contribution is 8.26. The molecule has 148 valence electrons. The molecule has 0 unspecified atom stereocenters. The number of carbonyl (C=O) groups excluding carboxylic acids is 2. The van der Waals surface area contributed by atoms with E-state index in [0.29, 0.717) is 14.2 Å². The number of hydrogen-bond acceptors (Lipinski definition) is 5. The van der Waals surface area contributed by atoms with Crippen LogP contribution in [0.2, 0.25) is 5.02 Å². The molecule has 0 spiro atoms. The third-order valence-electron chi connectivity index (χ3n) is 4.04. The number of nitrogens with zero attached hydrogens (tertiary/aromatic N) is 1. The normalized spacial score (nSPS) is 15.1. The molecule has 0 bridgehead atoms. The van der Waals surface area contributed by atoms with Gasteiger partial charge in [0.1, 0.15) is 4.32 Å². The van der Waals surface area contributed by atoms with Gasteiger partial charge in [0, 0.05) is 18.0 Å². The molecule has 1 aliphatic rings. The van der Waals surface area contributed by atoms with Crippen LogP contribution in [0.25, 0.3) is 6.08 Å². The zero-order valence-electron chi connectivity index (χ0n) is 14.9. The number of hydrogen-bond donors (Lipinski definition) is 2. The number of benzene rings is 2. The lowest BCUT2D eigenvalue weighted by Crippen LogP contribution is -2.31. The Hall–Kier alpha value is -2.68. The van der Waals surface area contributed by atoms with E-state index in [1.54, 1.807) is 42.5 Å². The zero-order valence-corrected chi connectivity index (χ0v) is 17.3. The Balaban J connectivity index is 1.63. The van der Waals surface area contributed by atoms with Crippen LogP contribution >= 0.6 is 35.6 Å². The Morgan fingerprint density at radius 3 is 2.55 bits per heavy atom. The minimum absolute atomic E-state index is 0.00245. The maximum atomic E-state index is 12.6. The summed E-state index contributed by atoms with van der Waals surface area (Å²) in [5, 5.41) is 12.3. The molecule has 2 N–H and O–H groups in total. The Morgan fingerprint density at radius 2 is 1.86 bits per heavy atom. The maximum absolute atomic E-state index is 12.6. The number of amides is 2. The molecule has 6 nitrogen and oxygen atoms in total. The summed E-state index contributed by atoms with van der Waals surface area (Å²) in [6, 6.07) is 13.2. The molecule has 0 aromatic heterocycles. The first-order valence-electron chi connectivity index (χ1n) is 8.48. The van der Waals surface area contributed by atoms with Crippen LogP contribution in [-0.2, 0) is 9.59 Å². The Labute approximate surface area is 181 Å². The number of nitrogens with one attached hydrogen (secondary N) is 1. The standard InChI is InChI=1S/C20H15ClN2O4S2/c21-13-7-5-12(6-8-13)11-16-18(25)23(20(28)29-16)10-9-17(24)22-15-4-2-1-3-14(15)19(26)27/h1-8,11H,9-10H2,(H,22,24)(H,26,27)/b16-11+. The van der Waals surface area contributed by atoms with Crippen molar-refractivity contribution in [3.8, 4) is 0 Å². The highest BCUT2D eigenvalue weighted by Crippen LogP contribution is 2.32. The lowest BCUT2D eigenvalue weighted by molar-refractivity contribution is -0.122. The summed E-state index contributed by atoms with van der Waals surface area (Å²) in [4.78, 5) is 37.9. The number of halogens is 1. The van der Waals surface area contributed by atoms with Crippen molar-refractivity contribution < 1.29 is 19.5 Å². The van der Waals surface area contributed by atoms with Crippen molar-refractivity contribution in [1.82, 2.24) is 4.90 Å². The molecule has 1 fully saturated rings. The van der Waals surface area contributed by atoms with E-state index >= 15 is 0 Å². The van der Waals surface area contributed by atoms with Gasteiger partial charge < -0.3 is 10.4 Å². The minimum atomic E-state index is -1.13. The quantitative estimate of drug-likeness (QED) is 0.509. The van der Waals surface area contributed by atoms with E-state index in [9.17, 15) is 19.5 Å². The van der Waals surface area contributed by atoms with E-state index in [-0.39, 0.29) is 30.1 Å². The highest BCUT2D eigenvalue weighted by atomic mass is 35.5. The van der Waals surface area contributed by atoms with Crippen LogP contribution in [0.3, 0.4) is 0 Å². The molecule has 0 atom stereocenters. The van der Waals surface area contributed by atoms with E-state index in [4.69, 9.17) is 23.8 Å². The van der Waals surface area contributed by atoms with Crippen molar-refractivity contribution in [3.63, 3.8) is 0 Å². The molecule has 0 aliphatic carbocycles. The number of carboxylic acid groups (broad SMARTS) is 1. The van der Waals surface area contributed by atoms with Gasteiger partial charge in [-0.3, -0.25) is 14.5 Å². The predicted octanol–water partition coefficient (Wildman–Crippen LogP) is 4.27. The molecular weight excluding hydrogens is 432 g/mol. The SMILES string of the molecule is O=C(CCN1C(=O)/C(=C\c2ccc(Cl)cc2)SC1=S)Nc1ccccc1C(=O)O. The number of rotatable bonds is 6. The van der Waals surface area contributed by atoms with Gasteiger partial charge >= 0.3 is 5.97 Å². The first-order chi connectivity index (χ1) is 13.8. The molecule has 1 heterocycles. The van der Waals surface area contributed by atoms with E-state index in [1.165, 1.54) is 28.8 Å². The summed E-state index contributed by atoms with van der Waals surface area (Å²) in [5.41, 5.74) is 1.02. The molecule has 1 saturated heterocycles. The molecule has 3 rings (SSSR count). The average Bonchev–Trinajstić information content (AvgIpc) is 2.95. The van der Waals surface area contributed by atoms with Crippen molar-refractivity contribution in [2.24, 2.45) is 0 Å². The summed E-state index contributed by atoms with van der Waals surface area (Å²) in [5.74, 6) is -1.81. The first-order valence-corrected chi connectivity index (χ1v) is 10.1. The fourth-order valence-electron chi connectivity index (χ4n) is 2.61. The zero-order chi connectivity index (χ0) is 21.0. The number of carboxylic acids is 1. The number of aromatic carboxylic acids is 1. The van der Waals surface area contributed by atoms with Crippen LogP contribution in [0.1, 0.15) is 22.3 Å². The second kappa shape index (κ2) is 9.21. The van der Waals surface area contributed by atoms with Crippen LogP contribution in [0, 0.1) is 0 Å². The second-order valence-corrected chi connectivity index (χ2v) is 8.15. The summed E-state index contributed by atoms with van der Waals surface area (Å²) < 4.78 is 0.369. The molecule has 0 radical (unpaired) electrons. The number of para-hydroxylation sites is 1. The van der Waals surface area contributed by atoms with Gasteiger partial charge in [0.05, 0.1) is 16.2 Å². The number of anilines is 1. The molecule has 2 aromatic carbocycles. The van der Waals surface area contributed by atoms with Gasteiger partial charge in [0.15, 0.2) is 0 Å². The van der Waals surface area contributed by atoms with Crippen molar-refractivity contribution in [2.75, 3.05) is 11.9 Å². The average molecular weight is 447 g/mol. The summed E-state index contributed by atoms with van der Waals surface area (Å²) in [7, 11) is 0. The van der Waals surface area contributed by atoms with E-state index in [0.717, 1.165) is 5.56 Å². The molecule has 29 heavy (non-hydrogen) atoms. The molecule has 9 heteroatoms. The van der Waals surface area contributed by atoms with Crippen LogP contribution in [0.15, 0.2) is 53.4 Å². The highest BCUT2D eigenvalue weighted by Gasteiger charge is 2.32.